The summed E-state index contributed by atoms with van der Waals surface area (Å²) in [5, 5.41) is 18.7. The van der Waals surface area contributed by atoms with E-state index in [1.54, 1.807) is 0 Å². The maximum Gasteiger partial charge on any atom is 0.174 e. The fourth-order valence-electron chi connectivity index (χ4n) is 2.28. The minimum absolute atomic E-state index is 0.0258. The van der Waals surface area contributed by atoms with Gasteiger partial charge in [0.25, 0.3) is 0 Å². The lowest BCUT2D eigenvalue weighted by molar-refractivity contribution is 0.307. The van der Waals surface area contributed by atoms with E-state index < -0.39 is 27.3 Å². The molecule has 0 fully saturated rings. The molecule has 2 nitrogen and oxygen atoms in total. The highest BCUT2D eigenvalue weighted by molar-refractivity contribution is 6.67. The molecule has 0 aromatic rings. The minimum atomic E-state index is -1.77. The van der Waals surface area contributed by atoms with Crippen LogP contribution in [-0.2, 0) is 0 Å². The molecule has 0 radical (unpaired) electrons. The van der Waals surface area contributed by atoms with Crippen molar-refractivity contribution in [1.29, 1.82) is 0 Å². The van der Waals surface area contributed by atoms with Crippen LogP contribution in [0.4, 0.5) is 0 Å². The zero-order chi connectivity index (χ0) is 13.2. The van der Waals surface area contributed by atoms with Crippen LogP contribution in [0.3, 0.4) is 0 Å². The van der Waals surface area contributed by atoms with Crippen molar-refractivity contribution in [3.63, 3.8) is 0 Å². The molecule has 0 saturated carbocycles. The lowest BCUT2D eigenvalue weighted by Crippen LogP contribution is -2.46. The first-order chi connectivity index (χ1) is 7.71. The molecule has 17 heavy (non-hydrogen) atoms. The largest absolute Gasteiger partial charge is 0.392 e. The Morgan fingerprint density at radius 3 is 1.29 bits per heavy atom. The summed E-state index contributed by atoms with van der Waals surface area (Å²) in [5.41, 5.74) is 0.382. The first-order valence-electron chi connectivity index (χ1n) is 4.47. The Hall–Kier alpha value is 1.14. The van der Waals surface area contributed by atoms with Gasteiger partial charge in [0.1, 0.15) is 9.75 Å². The molecule has 0 aromatic heterocycles. The Morgan fingerprint density at radius 1 is 0.765 bits per heavy atom. The minimum Gasteiger partial charge on any atom is -0.392 e. The number of fused-ring (bicyclic) bond motifs is 2. The van der Waals surface area contributed by atoms with Crippen molar-refractivity contribution in [3.05, 3.63) is 21.2 Å². The molecule has 0 aliphatic heterocycles. The lowest BCUT2D eigenvalue weighted by Gasteiger charge is -2.33. The third-order valence-corrected chi connectivity index (χ3v) is 7.33. The van der Waals surface area contributed by atoms with E-state index in [4.69, 9.17) is 69.6 Å². The third-order valence-electron chi connectivity index (χ3n) is 3.18. The van der Waals surface area contributed by atoms with Crippen LogP contribution in [0.25, 0.3) is 0 Å². The molecule has 8 heteroatoms. The van der Waals surface area contributed by atoms with Crippen LogP contribution in [0.2, 0.25) is 0 Å². The number of allylic oxidation sites excluding steroid dienone is 2. The smallest absolute Gasteiger partial charge is 0.174 e. The van der Waals surface area contributed by atoms with Crippen molar-refractivity contribution in [2.45, 2.75) is 14.1 Å². The number of alkyl halides is 4. The van der Waals surface area contributed by atoms with Gasteiger partial charge in [-0.05, 0) is 11.1 Å². The number of aliphatic hydroxyl groups excluding tert-OH is 2. The Balaban J connectivity index is 2.81. The van der Waals surface area contributed by atoms with E-state index in [2.05, 4.69) is 0 Å². The highest BCUT2D eigenvalue weighted by atomic mass is 35.5. The van der Waals surface area contributed by atoms with E-state index in [-0.39, 0.29) is 21.2 Å². The van der Waals surface area contributed by atoms with E-state index in [0.717, 1.165) is 0 Å². The van der Waals surface area contributed by atoms with Crippen molar-refractivity contribution < 1.29 is 10.2 Å². The molecule has 96 valence electrons. The summed E-state index contributed by atoms with van der Waals surface area (Å²) in [4.78, 5) is -3.22. The maximum absolute atomic E-state index is 9.35. The van der Waals surface area contributed by atoms with Gasteiger partial charge in [-0.2, -0.15) is 0 Å². The summed E-state index contributed by atoms with van der Waals surface area (Å²) in [6.07, 6.45) is 0. The Bertz CT molecular complexity index is 418. The molecule has 2 aliphatic carbocycles. The molecule has 0 heterocycles. The third kappa shape index (κ3) is 1.29. The Labute approximate surface area is 128 Å². The normalized spacial score (nSPS) is 39.5. The number of aliphatic hydroxyl groups is 2. The van der Waals surface area contributed by atoms with Crippen molar-refractivity contribution in [1.82, 2.24) is 0 Å². The SMILES string of the molecule is OCC1=C(CO)C2(Cl)C(Cl)=C(Cl)C1(Cl)C2(Cl)Cl. The quantitative estimate of drug-likeness (QED) is 0.588. The number of halogens is 6. The second kappa shape index (κ2) is 4.07. The van der Waals surface area contributed by atoms with Gasteiger partial charge in [-0.1, -0.05) is 46.4 Å². The van der Waals surface area contributed by atoms with E-state index in [0.29, 0.717) is 0 Å². The molecule has 0 amide bonds. The lowest BCUT2D eigenvalue weighted by atomic mass is 9.97. The molecule has 2 rings (SSSR count). The first kappa shape index (κ1) is 14.5. The predicted molar refractivity (Wildman–Crippen MR) is 71.5 cm³/mol. The number of hydrogen-bond acceptors (Lipinski definition) is 2. The van der Waals surface area contributed by atoms with E-state index in [9.17, 15) is 10.2 Å². The molecule has 2 aliphatic rings. The van der Waals surface area contributed by atoms with E-state index in [1.165, 1.54) is 0 Å². The fourth-order valence-corrected chi connectivity index (χ4v) is 5.07. The van der Waals surface area contributed by atoms with Crippen LogP contribution < -0.4 is 0 Å². The zero-order valence-electron chi connectivity index (χ0n) is 8.08. The van der Waals surface area contributed by atoms with Crippen LogP contribution in [0.5, 0.6) is 0 Å². The van der Waals surface area contributed by atoms with Gasteiger partial charge >= 0.3 is 0 Å². The average molecular weight is 359 g/mol. The second-order valence-electron chi connectivity index (χ2n) is 3.79. The van der Waals surface area contributed by atoms with Crippen LogP contribution in [0.15, 0.2) is 21.2 Å². The first-order valence-corrected chi connectivity index (χ1v) is 6.74. The van der Waals surface area contributed by atoms with E-state index >= 15 is 0 Å². The molecule has 0 spiro atoms. The van der Waals surface area contributed by atoms with Crippen molar-refractivity contribution in [2.24, 2.45) is 0 Å². The highest BCUT2D eigenvalue weighted by Gasteiger charge is 2.77. The monoisotopic (exact) mass is 356 g/mol. The summed E-state index contributed by atoms with van der Waals surface area (Å²) >= 11 is 37.0. The van der Waals surface area contributed by atoms with Gasteiger partial charge < -0.3 is 10.2 Å². The van der Waals surface area contributed by atoms with Crippen molar-refractivity contribution in [2.75, 3.05) is 13.2 Å². The topological polar surface area (TPSA) is 40.5 Å². The summed E-state index contributed by atoms with van der Waals surface area (Å²) in [7, 11) is 0. The molecule has 2 unspecified atom stereocenters. The summed E-state index contributed by atoms with van der Waals surface area (Å²) in [6, 6.07) is 0. The molecule has 2 atom stereocenters. The molecule has 2 bridgehead atoms. The van der Waals surface area contributed by atoms with Gasteiger partial charge in [-0.3, -0.25) is 0 Å². The summed E-state index contributed by atoms with van der Waals surface area (Å²) in [6.45, 7) is -0.953. The van der Waals surface area contributed by atoms with Gasteiger partial charge in [-0.15, -0.1) is 23.2 Å². The zero-order valence-corrected chi connectivity index (χ0v) is 12.6. The summed E-state index contributed by atoms with van der Waals surface area (Å²) < 4.78 is -1.77. The molecule has 0 saturated heterocycles. The highest BCUT2D eigenvalue weighted by Crippen LogP contribution is 2.73. The Morgan fingerprint density at radius 2 is 1.06 bits per heavy atom. The van der Waals surface area contributed by atoms with Crippen LogP contribution in [0, 0.1) is 0 Å². The molecule has 0 aromatic carbocycles. The standard InChI is InChI=1S/C9H6Cl6O2/c10-5-6(11)8(13)4(2-17)3(1-16)7(5,12)9(8,14)15/h16-17H,1-2H2. The number of rotatable bonds is 2. The van der Waals surface area contributed by atoms with Crippen molar-refractivity contribution in [3.8, 4) is 0 Å². The average Bonchev–Trinajstić information content (AvgIpc) is 2.48. The van der Waals surface area contributed by atoms with Gasteiger partial charge in [0.15, 0.2) is 4.33 Å². The summed E-state index contributed by atoms with van der Waals surface area (Å²) in [5.74, 6) is 0. The maximum atomic E-state index is 9.35. The van der Waals surface area contributed by atoms with Crippen LogP contribution >= 0.6 is 69.6 Å². The van der Waals surface area contributed by atoms with Crippen LogP contribution in [-0.4, -0.2) is 37.5 Å². The van der Waals surface area contributed by atoms with Gasteiger partial charge in [-0.25, -0.2) is 0 Å². The van der Waals surface area contributed by atoms with Gasteiger partial charge in [0.2, 0.25) is 0 Å². The molecular formula is C9H6Cl6O2. The Kier molecular flexibility index (Phi) is 3.48. The molecule has 2 N–H and O–H groups in total. The van der Waals surface area contributed by atoms with Crippen LogP contribution in [0.1, 0.15) is 0 Å². The van der Waals surface area contributed by atoms with Crippen molar-refractivity contribution >= 4 is 69.6 Å². The fraction of sp³-hybridized carbons (Fsp3) is 0.556. The van der Waals surface area contributed by atoms with E-state index in [1.807, 2.05) is 0 Å². The van der Waals surface area contributed by atoms with Gasteiger partial charge in [0.05, 0.1) is 23.3 Å². The number of hydrogen-bond donors (Lipinski definition) is 2. The van der Waals surface area contributed by atoms with Gasteiger partial charge in [0, 0.05) is 0 Å². The predicted octanol–water partition coefficient (Wildman–Crippen LogP) is 3.11. The second-order valence-corrected chi connectivity index (χ2v) is 7.01. The molecular weight excluding hydrogens is 353 g/mol.